The minimum Gasteiger partial charge on any atom is -0.463 e. The van der Waals surface area contributed by atoms with E-state index in [-0.39, 0.29) is 61.1 Å². The smallest absolute Gasteiger partial charge is 0.407 e. The molecule has 2 saturated heterocycles. The summed E-state index contributed by atoms with van der Waals surface area (Å²) in [7, 11) is -7.86. The fourth-order valence-electron chi connectivity index (χ4n) is 6.56. The van der Waals surface area contributed by atoms with Gasteiger partial charge in [-0.2, -0.15) is 0 Å². The maximum Gasteiger partial charge on any atom is 0.407 e. The van der Waals surface area contributed by atoms with Gasteiger partial charge in [-0.1, -0.05) is 79.6 Å². The number of nitrogens with one attached hydrogen (secondary N) is 3. The summed E-state index contributed by atoms with van der Waals surface area (Å²) < 4.78 is 89.5. The van der Waals surface area contributed by atoms with Crippen LogP contribution in [0.3, 0.4) is 0 Å². The van der Waals surface area contributed by atoms with Gasteiger partial charge in [0.25, 0.3) is 0 Å². The van der Waals surface area contributed by atoms with Crippen LogP contribution in [0.4, 0.5) is 4.79 Å². The van der Waals surface area contributed by atoms with Crippen molar-refractivity contribution >= 4 is 32.1 Å². The molecule has 2 aliphatic heterocycles. The quantitative estimate of drug-likeness (QED) is 0.0697. The molecule has 0 aliphatic carbocycles. The van der Waals surface area contributed by atoms with Crippen molar-refractivity contribution in [3.63, 3.8) is 0 Å². The maximum absolute atomic E-state index is 13.1. The van der Waals surface area contributed by atoms with E-state index in [1.54, 1.807) is 36.4 Å². The minimum absolute atomic E-state index is 0.00152. The lowest BCUT2D eigenvalue weighted by Gasteiger charge is -2.44. The van der Waals surface area contributed by atoms with E-state index in [1.165, 1.54) is 19.1 Å². The lowest BCUT2D eigenvalue weighted by molar-refractivity contribution is -0.267. The number of aryl methyl sites for hydroxylation is 2. The highest BCUT2D eigenvalue weighted by molar-refractivity contribution is 7.89. The zero-order valence-corrected chi connectivity index (χ0v) is 37.5. The van der Waals surface area contributed by atoms with Crippen molar-refractivity contribution < 1.29 is 70.2 Å². The summed E-state index contributed by atoms with van der Waals surface area (Å²) in [5.41, 5.74) is 8.07. The second kappa shape index (κ2) is 24.3. The Labute approximate surface area is 368 Å². The molecule has 10 atom stereocenters. The number of amides is 1. The molecule has 0 bridgehead atoms. The molecule has 350 valence electrons. The van der Waals surface area contributed by atoms with Crippen LogP contribution in [0.2, 0.25) is 0 Å². The number of hydrogen-bond acceptors (Lipinski definition) is 16. The van der Waals surface area contributed by atoms with E-state index in [0.717, 1.165) is 16.7 Å². The largest absolute Gasteiger partial charge is 0.463 e. The number of alkyl carbamates (subject to hydrolysis) is 1. The molecule has 0 spiro atoms. The van der Waals surface area contributed by atoms with Crippen molar-refractivity contribution in [1.29, 1.82) is 0 Å². The summed E-state index contributed by atoms with van der Waals surface area (Å²) in [6, 6.07) is 20.0. The molecule has 0 saturated carbocycles. The first-order chi connectivity index (χ1) is 29.9. The summed E-state index contributed by atoms with van der Waals surface area (Å²) in [6.07, 6.45) is -7.40. The van der Waals surface area contributed by atoms with E-state index in [2.05, 4.69) is 14.8 Å². The molecule has 0 aromatic heterocycles. The molecular formula is C42H60N4O15S2. The van der Waals surface area contributed by atoms with Gasteiger partial charge in [0.05, 0.1) is 41.8 Å². The molecule has 10 unspecified atom stereocenters. The Hall–Kier alpha value is -4.10. The number of benzene rings is 3. The van der Waals surface area contributed by atoms with Crippen LogP contribution in [0.5, 0.6) is 0 Å². The van der Waals surface area contributed by atoms with Gasteiger partial charge in [0, 0.05) is 20.0 Å². The van der Waals surface area contributed by atoms with Crippen molar-refractivity contribution in [3.8, 4) is 0 Å². The third kappa shape index (κ3) is 15.3. The SMILES string of the molecule is CC(=O)OCC1OC(OCCNC(=O)OCc2ccccc2)C(NS(=O)(=O)c2ccc(C)cc2)C(C)C1C.Cc1ccc(S(=O)(=O)NC2C(OCCN)OC(CO)C(O)C2O)cc1. The number of hydrogen-bond donors (Lipinski definition) is 7. The third-order valence-electron chi connectivity index (χ3n) is 10.4. The molecule has 2 heterocycles. The van der Waals surface area contributed by atoms with Crippen LogP contribution in [0, 0.1) is 25.7 Å². The van der Waals surface area contributed by atoms with Gasteiger partial charge in [-0.15, -0.1) is 0 Å². The second-order valence-corrected chi connectivity index (χ2v) is 18.6. The summed E-state index contributed by atoms with van der Waals surface area (Å²) in [5.74, 6) is -0.810. The lowest BCUT2D eigenvalue weighted by atomic mass is 9.82. The van der Waals surface area contributed by atoms with Gasteiger partial charge in [0.1, 0.15) is 37.6 Å². The molecule has 63 heavy (non-hydrogen) atoms. The van der Waals surface area contributed by atoms with Crippen LogP contribution < -0.4 is 20.5 Å². The number of carbonyl (C=O) groups is 2. The monoisotopic (exact) mass is 924 g/mol. The van der Waals surface area contributed by atoms with Crippen LogP contribution in [0.25, 0.3) is 0 Å². The highest BCUT2D eigenvalue weighted by Gasteiger charge is 2.47. The highest BCUT2D eigenvalue weighted by atomic mass is 32.2. The van der Waals surface area contributed by atoms with E-state index in [4.69, 9.17) is 34.2 Å². The molecule has 0 radical (unpaired) electrons. The number of aliphatic hydroxyl groups excluding tert-OH is 3. The molecule has 1 amide bonds. The molecule has 19 nitrogen and oxygen atoms in total. The highest BCUT2D eigenvalue weighted by Crippen LogP contribution is 2.33. The second-order valence-electron chi connectivity index (χ2n) is 15.2. The zero-order chi connectivity index (χ0) is 46.3. The Balaban J connectivity index is 0.000000302. The summed E-state index contributed by atoms with van der Waals surface area (Å²) in [5, 5.41) is 32.1. The van der Waals surface area contributed by atoms with Crippen LogP contribution in [-0.4, -0.2) is 133 Å². The van der Waals surface area contributed by atoms with E-state index in [1.807, 2.05) is 58.0 Å². The number of rotatable bonds is 18. The van der Waals surface area contributed by atoms with Crippen molar-refractivity contribution in [2.45, 2.75) is 100 Å². The van der Waals surface area contributed by atoms with Gasteiger partial charge < -0.3 is 54.8 Å². The molecule has 3 aromatic rings. The first kappa shape index (κ1) is 51.5. The predicted octanol–water partition coefficient (Wildman–Crippen LogP) is 1.20. The number of carbonyl (C=O) groups excluding carboxylic acids is 2. The molecule has 8 N–H and O–H groups in total. The predicted molar refractivity (Wildman–Crippen MR) is 228 cm³/mol. The number of sulfonamides is 2. The van der Waals surface area contributed by atoms with Crippen molar-refractivity contribution in [3.05, 3.63) is 95.6 Å². The zero-order valence-electron chi connectivity index (χ0n) is 35.9. The number of esters is 1. The maximum atomic E-state index is 13.1. The molecule has 2 fully saturated rings. The molecule has 5 rings (SSSR count). The normalized spacial score (nSPS) is 26.2. The van der Waals surface area contributed by atoms with Gasteiger partial charge in [0.2, 0.25) is 20.0 Å². The van der Waals surface area contributed by atoms with Crippen LogP contribution in [0.15, 0.2) is 88.7 Å². The Morgan fingerprint density at radius 2 is 1.24 bits per heavy atom. The minimum atomic E-state index is -3.99. The van der Waals surface area contributed by atoms with Gasteiger partial charge in [0.15, 0.2) is 12.6 Å². The fraction of sp³-hybridized carbons (Fsp3) is 0.524. The van der Waals surface area contributed by atoms with Crippen molar-refractivity contribution in [2.75, 3.05) is 39.5 Å². The van der Waals surface area contributed by atoms with Crippen molar-refractivity contribution in [1.82, 2.24) is 14.8 Å². The Bertz CT molecular complexity index is 2100. The van der Waals surface area contributed by atoms with E-state index < -0.39 is 87.8 Å². The molecular weight excluding hydrogens is 865 g/mol. The average molecular weight is 925 g/mol. The van der Waals surface area contributed by atoms with Gasteiger partial charge in [-0.25, -0.2) is 31.1 Å². The van der Waals surface area contributed by atoms with Crippen LogP contribution in [0.1, 0.15) is 37.5 Å². The Kier molecular flexibility index (Phi) is 19.8. The third-order valence-corrected chi connectivity index (χ3v) is 13.4. The van der Waals surface area contributed by atoms with E-state index in [0.29, 0.717) is 0 Å². The van der Waals surface area contributed by atoms with E-state index >= 15 is 0 Å². The number of ether oxygens (including phenoxy) is 6. The first-order valence-corrected chi connectivity index (χ1v) is 23.3. The van der Waals surface area contributed by atoms with E-state index in [9.17, 15) is 41.7 Å². The standard InChI is InChI=1S/C27H36N2O8S.C15H24N2O7S/c1-18-10-12-23(13-11-18)38(32,33)29-25-20(3)19(2)24(17-35-21(4)30)37-26(25)34-15-14-28-27(31)36-16-22-8-6-5-7-9-22;1-9-2-4-10(5-3-9)25(21,22)17-12-14(20)13(19)11(8-18)24-15(12)23-7-6-16/h5-13,19-20,24-26,29H,14-17H2,1-4H3,(H,28,31);2-5,11-15,17-20H,6-8,16H2,1H3. The van der Waals surface area contributed by atoms with Crippen LogP contribution >= 0.6 is 0 Å². The average Bonchev–Trinajstić information content (AvgIpc) is 3.25. The van der Waals surface area contributed by atoms with Gasteiger partial charge in [-0.05, 0) is 55.5 Å². The first-order valence-electron chi connectivity index (χ1n) is 20.3. The molecule has 2 aliphatic rings. The summed E-state index contributed by atoms with van der Waals surface area (Å²) in [4.78, 5) is 23.5. The summed E-state index contributed by atoms with van der Waals surface area (Å²) >= 11 is 0. The number of nitrogens with two attached hydrogens (primary N) is 1. The molecule has 3 aromatic carbocycles. The van der Waals surface area contributed by atoms with Gasteiger partial charge >= 0.3 is 12.1 Å². The summed E-state index contributed by atoms with van der Waals surface area (Å²) in [6.45, 7) is 8.76. The lowest BCUT2D eigenvalue weighted by Crippen LogP contribution is -2.64. The van der Waals surface area contributed by atoms with Crippen LogP contribution in [-0.2, 0) is 59.9 Å². The fourth-order valence-corrected chi connectivity index (χ4v) is 9.11. The number of aliphatic hydroxyl groups is 3. The molecule has 21 heteroatoms. The Morgan fingerprint density at radius 1 is 0.714 bits per heavy atom. The Morgan fingerprint density at radius 3 is 1.78 bits per heavy atom. The van der Waals surface area contributed by atoms with Crippen molar-refractivity contribution in [2.24, 2.45) is 17.6 Å². The van der Waals surface area contributed by atoms with Gasteiger partial charge in [-0.3, -0.25) is 4.79 Å². The topological polar surface area (TPSA) is 281 Å².